The molecule has 23 heavy (non-hydrogen) atoms. The number of hydrogen-bond acceptors (Lipinski definition) is 5. The average molecular weight is 308 g/mol. The highest BCUT2D eigenvalue weighted by molar-refractivity contribution is 5.90. The zero-order chi connectivity index (χ0) is 15.8. The van der Waals surface area contributed by atoms with Gasteiger partial charge >= 0.3 is 5.91 Å². The van der Waals surface area contributed by atoms with Crippen molar-refractivity contribution in [1.82, 2.24) is 15.6 Å². The first-order chi connectivity index (χ1) is 11.2. The predicted molar refractivity (Wildman–Crippen MR) is 82.5 cm³/mol. The molecule has 2 fully saturated rings. The highest BCUT2D eigenvalue weighted by atomic mass is 16.4. The second kappa shape index (κ2) is 5.52. The van der Waals surface area contributed by atoms with Crippen LogP contribution in [0.25, 0.3) is 11.3 Å². The Morgan fingerprint density at radius 3 is 2.83 bits per heavy atom. The smallest absolute Gasteiger partial charge is 0.307 e. The monoisotopic (exact) mass is 308 g/mol. The number of fused-ring (bicyclic) bond motifs is 2. The van der Waals surface area contributed by atoms with Gasteiger partial charge < -0.3 is 15.1 Å². The molecule has 0 unspecified atom stereocenters. The van der Waals surface area contributed by atoms with Gasteiger partial charge in [0.15, 0.2) is 5.76 Å². The number of nitriles is 1. The van der Waals surface area contributed by atoms with Gasteiger partial charge in [0.05, 0.1) is 17.8 Å². The summed E-state index contributed by atoms with van der Waals surface area (Å²) in [6.07, 6.45) is 4.81. The molecule has 1 amide bonds. The second-order valence-electron chi connectivity index (χ2n) is 6.08. The van der Waals surface area contributed by atoms with E-state index in [4.69, 9.17) is 9.68 Å². The van der Waals surface area contributed by atoms with E-state index in [0.29, 0.717) is 23.4 Å². The van der Waals surface area contributed by atoms with Crippen molar-refractivity contribution in [3.8, 4) is 17.4 Å². The molecule has 3 atom stereocenters. The first-order valence-corrected chi connectivity index (χ1v) is 7.76. The minimum Gasteiger partial charge on any atom is -0.432 e. The van der Waals surface area contributed by atoms with Gasteiger partial charge in [0.2, 0.25) is 0 Å². The van der Waals surface area contributed by atoms with Crippen molar-refractivity contribution in [1.29, 1.82) is 5.26 Å². The van der Waals surface area contributed by atoms with Crippen LogP contribution in [0.15, 0.2) is 34.9 Å². The third-order valence-corrected chi connectivity index (χ3v) is 4.62. The van der Waals surface area contributed by atoms with Gasteiger partial charge in [-0.05, 0) is 43.5 Å². The highest BCUT2D eigenvalue weighted by Crippen LogP contribution is 2.28. The standard InChI is InChI=1S/C17H16N4O2/c18-8-10-1-3-11(4-2-10)15-9-19-17(23-15)16(22)21-14-7-12-5-6-13(14)20-12/h1-4,9,12-14,20H,5-7H2,(H,21,22)/t12-,13+,14-/m1/s1. The summed E-state index contributed by atoms with van der Waals surface area (Å²) in [5.41, 5.74) is 1.37. The summed E-state index contributed by atoms with van der Waals surface area (Å²) in [6.45, 7) is 0. The maximum atomic E-state index is 12.3. The Balaban J connectivity index is 1.46. The van der Waals surface area contributed by atoms with Gasteiger partial charge in [0.25, 0.3) is 5.89 Å². The third-order valence-electron chi connectivity index (χ3n) is 4.62. The molecule has 1 aromatic carbocycles. The number of rotatable bonds is 3. The van der Waals surface area contributed by atoms with Gasteiger partial charge in [-0.2, -0.15) is 5.26 Å². The molecule has 4 rings (SSSR count). The fraction of sp³-hybridized carbons (Fsp3) is 0.353. The molecule has 0 radical (unpaired) electrons. The summed E-state index contributed by atoms with van der Waals surface area (Å²) in [7, 11) is 0. The molecule has 0 saturated carbocycles. The first-order valence-electron chi connectivity index (χ1n) is 7.76. The number of amides is 1. The van der Waals surface area contributed by atoms with Gasteiger partial charge in [0, 0.05) is 23.7 Å². The lowest BCUT2D eigenvalue weighted by Gasteiger charge is -2.20. The number of carbonyl (C=O) groups is 1. The van der Waals surface area contributed by atoms with E-state index in [1.807, 2.05) is 0 Å². The predicted octanol–water partition coefficient (Wildman–Crippen LogP) is 1.84. The highest BCUT2D eigenvalue weighted by Gasteiger charge is 2.40. The van der Waals surface area contributed by atoms with E-state index in [9.17, 15) is 4.79 Å². The van der Waals surface area contributed by atoms with E-state index in [0.717, 1.165) is 18.4 Å². The number of hydrogen-bond donors (Lipinski definition) is 2. The van der Waals surface area contributed by atoms with Gasteiger partial charge in [-0.15, -0.1) is 0 Å². The van der Waals surface area contributed by atoms with E-state index in [1.54, 1.807) is 24.3 Å². The topological polar surface area (TPSA) is 91.0 Å². The summed E-state index contributed by atoms with van der Waals surface area (Å²) >= 11 is 0. The second-order valence-corrected chi connectivity index (χ2v) is 6.08. The summed E-state index contributed by atoms with van der Waals surface area (Å²) < 4.78 is 5.57. The Morgan fingerprint density at radius 1 is 1.35 bits per heavy atom. The lowest BCUT2D eigenvalue weighted by molar-refractivity contribution is 0.0896. The number of nitrogens with one attached hydrogen (secondary N) is 2. The summed E-state index contributed by atoms with van der Waals surface area (Å²) in [5.74, 6) is 0.321. The van der Waals surface area contributed by atoms with Crippen LogP contribution in [0.4, 0.5) is 0 Å². The van der Waals surface area contributed by atoms with Crippen LogP contribution in [0.3, 0.4) is 0 Å². The van der Waals surface area contributed by atoms with Crippen molar-refractivity contribution in [3.05, 3.63) is 41.9 Å². The first kappa shape index (κ1) is 14.0. The lowest BCUT2D eigenvalue weighted by Crippen LogP contribution is -2.43. The van der Waals surface area contributed by atoms with Gasteiger partial charge in [0.1, 0.15) is 0 Å². The molecule has 3 heterocycles. The van der Waals surface area contributed by atoms with E-state index in [-0.39, 0.29) is 17.8 Å². The quantitative estimate of drug-likeness (QED) is 0.902. The molecule has 0 aliphatic carbocycles. The molecule has 2 N–H and O–H groups in total. The molecular weight excluding hydrogens is 292 g/mol. The molecule has 2 saturated heterocycles. The Morgan fingerprint density at radius 2 is 2.17 bits per heavy atom. The molecule has 116 valence electrons. The zero-order valence-corrected chi connectivity index (χ0v) is 12.5. The summed E-state index contributed by atoms with van der Waals surface area (Å²) in [5, 5.41) is 15.3. The maximum absolute atomic E-state index is 12.3. The van der Waals surface area contributed by atoms with Gasteiger partial charge in [-0.1, -0.05) is 0 Å². The SMILES string of the molecule is N#Cc1ccc(-c2cnc(C(=O)N[C@@H]3C[C@H]4CC[C@@H]3N4)o2)cc1. The van der Waals surface area contributed by atoms with Crippen molar-refractivity contribution in [2.75, 3.05) is 0 Å². The van der Waals surface area contributed by atoms with Crippen molar-refractivity contribution in [2.24, 2.45) is 0 Å². The van der Waals surface area contributed by atoms with Crippen LogP contribution in [0, 0.1) is 11.3 Å². The molecule has 2 aliphatic rings. The summed E-state index contributed by atoms with van der Waals surface area (Å²) in [6, 6.07) is 10.1. The molecule has 0 spiro atoms. The molecule has 6 nitrogen and oxygen atoms in total. The van der Waals surface area contributed by atoms with Crippen LogP contribution in [0.5, 0.6) is 0 Å². The largest absolute Gasteiger partial charge is 0.432 e. The molecule has 6 heteroatoms. The van der Waals surface area contributed by atoms with Crippen LogP contribution in [0.1, 0.15) is 35.5 Å². The zero-order valence-electron chi connectivity index (χ0n) is 12.5. The molecule has 2 aliphatic heterocycles. The molecule has 2 bridgehead atoms. The Hall–Kier alpha value is -2.65. The van der Waals surface area contributed by atoms with Crippen LogP contribution < -0.4 is 10.6 Å². The Bertz CT molecular complexity index is 775. The molecule has 1 aromatic heterocycles. The molecule has 2 aromatic rings. The third kappa shape index (κ3) is 2.60. The van der Waals surface area contributed by atoms with Crippen LogP contribution in [0.2, 0.25) is 0 Å². The minimum absolute atomic E-state index is 0.0760. The van der Waals surface area contributed by atoms with Crippen molar-refractivity contribution in [3.63, 3.8) is 0 Å². The number of oxazole rings is 1. The van der Waals surface area contributed by atoms with E-state index in [2.05, 4.69) is 21.7 Å². The average Bonchev–Trinajstić information content (AvgIpc) is 3.31. The fourth-order valence-corrected chi connectivity index (χ4v) is 3.44. The Labute approximate surface area is 133 Å². The molecular formula is C17H16N4O2. The van der Waals surface area contributed by atoms with Crippen LogP contribution >= 0.6 is 0 Å². The lowest BCUT2D eigenvalue weighted by atomic mass is 9.95. The number of benzene rings is 1. The summed E-state index contributed by atoms with van der Waals surface area (Å²) in [4.78, 5) is 16.4. The van der Waals surface area contributed by atoms with Gasteiger partial charge in [-0.3, -0.25) is 4.79 Å². The number of aromatic nitrogens is 1. The number of nitrogens with zero attached hydrogens (tertiary/aromatic N) is 2. The van der Waals surface area contributed by atoms with Crippen molar-refractivity contribution < 1.29 is 9.21 Å². The van der Waals surface area contributed by atoms with Gasteiger partial charge in [-0.25, -0.2) is 4.98 Å². The Kier molecular flexibility index (Phi) is 3.36. The van der Waals surface area contributed by atoms with Crippen molar-refractivity contribution >= 4 is 5.91 Å². The number of carbonyl (C=O) groups excluding carboxylic acids is 1. The van der Waals surface area contributed by atoms with E-state index < -0.39 is 0 Å². The van der Waals surface area contributed by atoms with E-state index in [1.165, 1.54) is 12.6 Å². The maximum Gasteiger partial charge on any atom is 0.307 e. The minimum atomic E-state index is -0.274. The van der Waals surface area contributed by atoms with E-state index >= 15 is 0 Å². The van der Waals surface area contributed by atoms with Crippen molar-refractivity contribution in [2.45, 2.75) is 37.4 Å². The fourth-order valence-electron chi connectivity index (χ4n) is 3.44. The van der Waals surface area contributed by atoms with Crippen LogP contribution in [-0.2, 0) is 0 Å². The van der Waals surface area contributed by atoms with Crippen LogP contribution in [-0.4, -0.2) is 29.0 Å². The normalized spacial score (nSPS) is 25.3.